The molecule has 3 heterocycles. The highest BCUT2D eigenvalue weighted by Crippen LogP contribution is 2.33. The number of hydrogen-bond donors (Lipinski definition) is 1. The molecule has 0 aliphatic heterocycles. The lowest BCUT2D eigenvalue weighted by Crippen LogP contribution is -2.34. The summed E-state index contributed by atoms with van der Waals surface area (Å²) in [6.45, 7) is 0. The van der Waals surface area contributed by atoms with Crippen molar-refractivity contribution in [2.75, 3.05) is 7.11 Å². The Bertz CT molecular complexity index is 1440. The second kappa shape index (κ2) is 9.71. The molecule has 0 saturated carbocycles. The number of carbonyl (C=O) groups is 1. The molecular weight excluding hydrogens is 505 g/mol. The predicted molar refractivity (Wildman–Crippen MR) is 123 cm³/mol. The molecule has 0 radical (unpaired) electrons. The van der Waals surface area contributed by atoms with Crippen molar-refractivity contribution in [1.29, 1.82) is 0 Å². The largest absolute Gasteiger partial charge is 0.481 e. The molecular formula is C20H15Cl2N7O4S. The Morgan fingerprint density at radius 3 is 2.38 bits per heavy atom. The van der Waals surface area contributed by atoms with Gasteiger partial charge >= 0.3 is 5.91 Å². The van der Waals surface area contributed by atoms with Crippen molar-refractivity contribution in [3.8, 4) is 23.1 Å². The molecule has 3 aromatic heterocycles. The zero-order chi connectivity index (χ0) is 24.3. The van der Waals surface area contributed by atoms with Crippen LogP contribution in [0.3, 0.4) is 0 Å². The molecule has 0 unspecified atom stereocenters. The summed E-state index contributed by atoms with van der Waals surface area (Å²) >= 11 is 12.8. The van der Waals surface area contributed by atoms with Crippen molar-refractivity contribution in [1.82, 2.24) is 34.4 Å². The van der Waals surface area contributed by atoms with Crippen molar-refractivity contribution < 1.29 is 17.9 Å². The van der Waals surface area contributed by atoms with Gasteiger partial charge in [0, 0.05) is 18.5 Å². The van der Waals surface area contributed by atoms with Crippen molar-refractivity contribution in [2.45, 2.75) is 5.75 Å². The molecule has 1 aromatic carbocycles. The molecule has 0 aliphatic carbocycles. The number of aromatic nitrogens is 6. The fourth-order valence-corrected chi connectivity index (χ4v) is 4.46. The molecule has 4 aromatic rings. The van der Waals surface area contributed by atoms with Crippen LogP contribution in [0.4, 0.5) is 0 Å². The highest BCUT2D eigenvalue weighted by molar-refractivity contribution is 7.89. The average molecular weight is 520 g/mol. The predicted octanol–water partition coefficient (Wildman–Crippen LogP) is 2.69. The van der Waals surface area contributed by atoms with E-state index in [0.717, 1.165) is 0 Å². The summed E-state index contributed by atoms with van der Waals surface area (Å²) in [5.41, 5.74) is 0.451. The Balaban J connectivity index is 1.80. The first-order valence-electron chi connectivity index (χ1n) is 9.51. The van der Waals surface area contributed by atoms with E-state index in [-0.39, 0.29) is 44.8 Å². The topological polar surface area (TPSA) is 142 Å². The van der Waals surface area contributed by atoms with Crippen LogP contribution < -0.4 is 9.46 Å². The van der Waals surface area contributed by atoms with Gasteiger partial charge in [-0.2, -0.15) is 0 Å². The zero-order valence-electron chi connectivity index (χ0n) is 17.4. The number of halogens is 2. The lowest BCUT2D eigenvalue weighted by atomic mass is 10.2. The Morgan fingerprint density at radius 1 is 1.03 bits per heavy atom. The van der Waals surface area contributed by atoms with E-state index in [0.29, 0.717) is 0 Å². The summed E-state index contributed by atoms with van der Waals surface area (Å²) in [7, 11) is -2.73. The van der Waals surface area contributed by atoms with E-state index in [9.17, 15) is 13.2 Å². The number of benzene rings is 1. The van der Waals surface area contributed by atoms with Gasteiger partial charge in [-0.1, -0.05) is 35.3 Å². The molecule has 1 amide bonds. The lowest BCUT2D eigenvalue weighted by Gasteiger charge is -2.14. The minimum absolute atomic E-state index is 0.0136. The summed E-state index contributed by atoms with van der Waals surface area (Å²) in [5, 5.41) is 8.30. The Hall–Kier alpha value is -3.61. The van der Waals surface area contributed by atoms with Gasteiger partial charge in [-0.15, -0.1) is 10.2 Å². The molecule has 34 heavy (non-hydrogen) atoms. The lowest BCUT2D eigenvalue weighted by molar-refractivity contribution is 0.0969. The third kappa shape index (κ3) is 4.98. The van der Waals surface area contributed by atoms with Gasteiger partial charge in [0.15, 0.2) is 5.82 Å². The van der Waals surface area contributed by atoms with E-state index in [2.05, 4.69) is 25.1 Å². The minimum atomic E-state index is -4.17. The van der Waals surface area contributed by atoms with E-state index >= 15 is 0 Å². The number of hydrogen-bond acceptors (Lipinski definition) is 9. The first-order valence-corrected chi connectivity index (χ1v) is 11.9. The van der Waals surface area contributed by atoms with Crippen molar-refractivity contribution >= 4 is 39.1 Å². The van der Waals surface area contributed by atoms with Crippen LogP contribution in [0, 0.1) is 0 Å². The summed E-state index contributed by atoms with van der Waals surface area (Å²) in [5.74, 6) is -1.68. The first kappa shape index (κ1) is 23.5. The molecule has 1 N–H and O–H groups in total. The van der Waals surface area contributed by atoms with Crippen molar-refractivity contribution in [2.24, 2.45) is 0 Å². The van der Waals surface area contributed by atoms with E-state index < -0.39 is 21.7 Å². The van der Waals surface area contributed by atoms with Crippen LogP contribution in [0.2, 0.25) is 10.0 Å². The number of sulfonamides is 1. The van der Waals surface area contributed by atoms with Crippen LogP contribution in [-0.4, -0.2) is 51.2 Å². The molecule has 0 aliphatic rings. The van der Waals surface area contributed by atoms with Gasteiger partial charge in [-0.05, 0) is 24.3 Å². The molecule has 11 nitrogen and oxygen atoms in total. The Labute approximate surface area is 203 Å². The normalized spacial score (nSPS) is 11.3. The molecule has 0 spiro atoms. The smallest absolute Gasteiger partial charge is 0.303 e. The van der Waals surface area contributed by atoms with Crippen LogP contribution in [0.15, 0.2) is 54.9 Å². The molecule has 14 heteroatoms. The Kier molecular flexibility index (Phi) is 6.72. The summed E-state index contributed by atoms with van der Waals surface area (Å²) in [6.07, 6.45) is 2.78. The van der Waals surface area contributed by atoms with Gasteiger partial charge in [-0.25, -0.2) is 28.1 Å². The molecule has 0 fully saturated rings. The van der Waals surface area contributed by atoms with Crippen LogP contribution in [0.1, 0.15) is 16.4 Å². The maximum atomic E-state index is 13.0. The quantitative estimate of drug-likeness (QED) is 0.389. The number of para-hydroxylation sites is 1. The number of rotatable bonds is 7. The second-order valence-electron chi connectivity index (χ2n) is 6.67. The van der Waals surface area contributed by atoms with E-state index in [1.807, 2.05) is 4.72 Å². The van der Waals surface area contributed by atoms with Crippen LogP contribution >= 0.6 is 23.2 Å². The average Bonchev–Trinajstić information content (AvgIpc) is 3.24. The van der Waals surface area contributed by atoms with Gasteiger partial charge < -0.3 is 4.74 Å². The second-order valence-corrected chi connectivity index (χ2v) is 9.21. The monoisotopic (exact) mass is 519 g/mol. The maximum absolute atomic E-state index is 13.0. The number of nitrogens with zero attached hydrogens (tertiary/aromatic N) is 6. The minimum Gasteiger partial charge on any atom is -0.481 e. The van der Waals surface area contributed by atoms with Crippen LogP contribution in [-0.2, 0) is 15.8 Å². The van der Waals surface area contributed by atoms with Crippen LogP contribution in [0.5, 0.6) is 5.88 Å². The highest BCUT2D eigenvalue weighted by atomic mass is 35.5. The standard InChI is InChI=1S/C20H15Cl2N7O4S/c1-33-16-8-3-7-14(25-16)18-26-27-19(29(18)17-12(21)5-2-6-13(17)22)20(30)28-34(31,32)11-15-23-9-4-10-24-15/h2-10H,11H2,1H3,(H,28,30). The van der Waals surface area contributed by atoms with E-state index in [1.165, 1.54) is 24.1 Å². The summed E-state index contributed by atoms with van der Waals surface area (Å²) in [6, 6.07) is 11.2. The van der Waals surface area contributed by atoms with E-state index in [4.69, 9.17) is 27.9 Å². The Morgan fingerprint density at radius 2 is 1.71 bits per heavy atom. The summed E-state index contributed by atoms with van der Waals surface area (Å²) in [4.78, 5) is 25.1. The van der Waals surface area contributed by atoms with Crippen molar-refractivity contribution in [3.63, 3.8) is 0 Å². The maximum Gasteiger partial charge on any atom is 0.303 e. The SMILES string of the molecule is COc1cccc(-c2nnc(C(=O)NS(=O)(=O)Cc3ncccn3)n2-c2c(Cl)cccc2Cl)n1. The highest BCUT2D eigenvalue weighted by Gasteiger charge is 2.28. The molecule has 0 saturated heterocycles. The fraction of sp³-hybridized carbons (Fsp3) is 0.100. The molecule has 0 bridgehead atoms. The number of amides is 1. The number of nitrogens with one attached hydrogen (secondary N) is 1. The molecule has 0 atom stereocenters. The molecule has 174 valence electrons. The fourth-order valence-electron chi connectivity index (χ4n) is 2.96. The number of carbonyl (C=O) groups excluding carboxylic acids is 1. The van der Waals surface area contributed by atoms with Gasteiger partial charge in [0.05, 0.1) is 22.8 Å². The summed E-state index contributed by atoms with van der Waals surface area (Å²) < 4.78 is 33.5. The van der Waals surface area contributed by atoms with Gasteiger partial charge in [0.1, 0.15) is 17.3 Å². The zero-order valence-corrected chi connectivity index (χ0v) is 19.7. The number of methoxy groups -OCH3 is 1. The number of pyridine rings is 1. The third-order valence-corrected chi connectivity index (χ3v) is 6.12. The van der Waals surface area contributed by atoms with Gasteiger partial charge in [0.25, 0.3) is 0 Å². The first-order chi connectivity index (χ1) is 16.3. The van der Waals surface area contributed by atoms with Crippen molar-refractivity contribution in [3.05, 3.63) is 76.6 Å². The molecule has 4 rings (SSSR count). The number of ether oxygens (including phenoxy) is 1. The van der Waals surface area contributed by atoms with E-state index in [1.54, 1.807) is 42.5 Å². The van der Waals surface area contributed by atoms with Gasteiger partial charge in [0.2, 0.25) is 21.7 Å². The van der Waals surface area contributed by atoms with Gasteiger partial charge in [-0.3, -0.25) is 9.36 Å². The van der Waals surface area contributed by atoms with Crippen LogP contribution in [0.25, 0.3) is 17.2 Å². The third-order valence-electron chi connectivity index (χ3n) is 4.38.